The quantitative estimate of drug-likeness (QED) is 0.874. The van der Waals surface area contributed by atoms with Gasteiger partial charge in [0.1, 0.15) is 11.6 Å². The van der Waals surface area contributed by atoms with Gasteiger partial charge in [-0.05, 0) is 19.9 Å². The highest BCUT2D eigenvalue weighted by Crippen LogP contribution is 2.37. The van der Waals surface area contributed by atoms with Gasteiger partial charge in [0.2, 0.25) is 0 Å². The summed E-state index contributed by atoms with van der Waals surface area (Å²) in [5.41, 5.74) is 6.60. The van der Waals surface area contributed by atoms with Gasteiger partial charge in [0, 0.05) is 18.7 Å². The first-order valence-electron chi connectivity index (χ1n) is 6.03. The number of hydrogen-bond acceptors (Lipinski definition) is 4. The van der Waals surface area contributed by atoms with Crippen LogP contribution in [0.15, 0.2) is 29.4 Å². The topological polar surface area (TPSA) is 56.7 Å². The minimum absolute atomic E-state index is 0.191. The lowest BCUT2D eigenvalue weighted by molar-refractivity contribution is 0.591. The zero-order chi connectivity index (χ0) is 14.0. The highest BCUT2D eigenvalue weighted by atomic mass is 32.2. The Hall–Kier alpha value is -1.40. The maximum Gasteiger partial charge on any atom is 0.191 e. The Bertz CT molecular complexity index is 568. The van der Waals surface area contributed by atoms with Crippen molar-refractivity contribution in [3.8, 4) is 0 Å². The van der Waals surface area contributed by atoms with E-state index in [1.165, 1.54) is 17.8 Å². The number of aryl methyl sites for hydroxylation is 1. The lowest BCUT2D eigenvalue weighted by atomic mass is 10.1. The first kappa shape index (κ1) is 14.0. The van der Waals surface area contributed by atoms with Gasteiger partial charge in [-0.15, -0.1) is 10.2 Å². The van der Waals surface area contributed by atoms with E-state index in [9.17, 15) is 4.39 Å². The number of halogens is 1. The average Bonchev–Trinajstić information content (AvgIpc) is 2.68. The minimum atomic E-state index is -0.240. The molecule has 1 aromatic heterocycles. The number of aromatic nitrogens is 3. The molecule has 2 rings (SSSR count). The van der Waals surface area contributed by atoms with Gasteiger partial charge in [-0.25, -0.2) is 4.39 Å². The van der Waals surface area contributed by atoms with Crippen LogP contribution in [-0.4, -0.2) is 20.8 Å². The molecule has 19 heavy (non-hydrogen) atoms. The Morgan fingerprint density at radius 1 is 1.32 bits per heavy atom. The minimum Gasteiger partial charge on any atom is -0.327 e. The molecule has 6 heteroatoms. The predicted octanol–water partition coefficient (Wildman–Crippen LogP) is 2.44. The van der Waals surface area contributed by atoms with Crippen molar-refractivity contribution in [2.75, 3.05) is 0 Å². The van der Waals surface area contributed by atoms with Crippen LogP contribution in [0, 0.1) is 12.7 Å². The van der Waals surface area contributed by atoms with Crippen LogP contribution in [0.1, 0.15) is 23.6 Å². The maximum atomic E-state index is 13.9. The van der Waals surface area contributed by atoms with Crippen LogP contribution >= 0.6 is 11.8 Å². The lowest BCUT2D eigenvalue weighted by Crippen LogP contribution is -2.23. The van der Waals surface area contributed by atoms with E-state index >= 15 is 0 Å². The Labute approximate surface area is 116 Å². The van der Waals surface area contributed by atoms with E-state index in [1.54, 1.807) is 12.1 Å². The molecule has 0 bridgehead atoms. The summed E-state index contributed by atoms with van der Waals surface area (Å²) in [4.78, 5) is 0. The molecule has 2 atom stereocenters. The smallest absolute Gasteiger partial charge is 0.191 e. The molecule has 0 saturated carbocycles. The second kappa shape index (κ2) is 5.71. The van der Waals surface area contributed by atoms with Crippen LogP contribution in [0.4, 0.5) is 4.39 Å². The van der Waals surface area contributed by atoms with E-state index in [4.69, 9.17) is 5.73 Å². The molecular formula is C13H17FN4S. The van der Waals surface area contributed by atoms with E-state index < -0.39 is 0 Å². The molecular weight excluding hydrogens is 263 g/mol. The molecule has 1 heterocycles. The highest BCUT2D eigenvalue weighted by molar-refractivity contribution is 7.99. The predicted molar refractivity (Wildman–Crippen MR) is 74.4 cm³/mol. The fourth-order valence-corrected chi connectivity index (χ4v) is 2.90. The van der Waals surface area contributed by atoms with E-state index in [2.05, 4.69) is 10.2 Å². The van der Waals surface area contributed by atoms with Crippen molar-refractivity contribution >= 4 is 11.8 Å². The number of rotatable bonds is 4. The van der Waals surface area contributed by atoms with Gasteiger partial charge in [-0.3, -0.25) is 0 Å². The van der Waals surface area contributed by atoms with E-state index in [1.807, 2.05) is 31.5 Å². The average molecular weight is 280 g/mol. The van der Waals surface area contributed by atoms with E-state index in [0.29, 0.717) is 5.56 Å². The number of benzene rings is 1. The van der Waals surface area contributed by atoms with Crippen molar-refractivity contribution in [2.45, 2.75) is 30.3 Å². The zero-order valence-electron chi connectivity index (χ0n) is 11.2. The zero-order valence-corrected chi connectivity index (χ0v) is 12.0. The third-order valence-corrected chi connectivity index (χ3v) is 4.48. The van der Waals surface area contributed by atoms with Gasteiger partial charge >= 0.3 is 0 Å². The van der Waals surface area contributed by atoms with Crippen molar-refractivity contribution < 1.29 is 4.39 Å². The van der Waals surface area contributed by atoms with Crippen LogP contribution < -0.4 is 5.73 Å². The third kappa shape index (κ3) is 2.96. The van der Waals surface area contributed by atoms with Gasteiger partial charge in [0.15, 0.2) is 5.16 Å². The molecule has 0 aliphatic carbocycles. The molecule has 0 fully saturated rings. The number of thioether (sulfide) groups is 1. The fraction of sp³-hybridized carbons (Fsp3) is 0.385. The fourth-order valence-electron chi connectivity index (χ4n) is 1.76. The second-order valence-corrected chi connectivity index (χ2v) is 5.62. The van der Waals surface area contributed by atoms with Gasteiger partial charge < -0.3 is 10.3 Å². The first-order chi connectivity index (χ1) is 9.00. The third-order valence-electron chi connectivity index (χ3n) is 2.97. The van der Waals surface area contributed by atoms with Crippen LogP contribution in [0.3, 0.4) is 0 Å². The molecule has 0 spiro atoms. The molecule has 0 aliphatic heterocycles. The summed E-state index contributed by atoms with van der Waals surface area (Å²) >= 11 is 1.44. The lowest BCUT2D eigenvalue weighted by Gasteiger charge is -2.20. The maximum absolute atomic E-state index is 13.9. The summed E-state index contributed by atoms with van der Waals surface area (Å²) in [5, 5.41) is 8.64. The molecule has 0 aliphatic rings. The van der Waals surface area contributed by atoms with Gasteiger partial charge in [0.05, 0.1) is 5.25 Å². The van der Waals surface area contributed by atoms with Crippen molar-refractivity contribution in [1.29, 1.82) is 0 Å². The van der Waals surface area contributed by atoms with Crippen molar-refractivity contribution in [3.63, 3.8) is 0 Å². The largest absolute Gasteiger partial charge is 0.327 e. The summed E-state index contributed by atoms with van der Waals surface area (Å²) in [6, 6.07) is 6.51. The number of hydrogen-bond donors (Lipinski definition) is 1. The van der Waals surface area contributed by atoms with Crippen molar-refractivity contribution in [3.05, 3.63) is 41.5 Å². The monoisotopic (exact) mass is 280 g/mol. The number of nitrogens with two attached hydrogens (primary N) is 1. The summed E-state index contributed by atoms with van der Waals surface area (Å²) in [5.74, 6) is 0.579. The SMILES string of the molecule is Cc1nnc(SC(c2ccccc2F)C(C)N)n1C. The standard InChI is InChI=1S/C13H17FN4S/c1-8(15)12(10-6-4-5-7-11(10)14)19-13-17-16-9(2)18(13)3/h4-8,12H,15H2,1-3H3. The molecule has 0 radical (unpaired) electrons. The Kier molecular flexibility index (Phi) is 4.21. The molecule has 2 aromatic rings. The second-order valence-electron chi connectivity index (χ2n) is 4.51. The molecule has 1 aromatic carbocycles. The van der Waals surface area contributed by atoms with Crippen LogP contribution in [0.5, 0.6) is 0 Å². The van der Waals surface area contributed by atoms with Gasteiger partial charge in [-0.1, -0.05) is 30.0 Å². The number of nitrogens with zero attached hydrogens (tertiary/aromatic N) is 3. The first-order valence-corrected chi connectivity index (χ1v) is 6.91. The van der Waals surface area contributed by atoms with E-state index in [-0.39, 0.29) is 17.1 Å². The molecule has 0 saturated heterocycles. The van der Waals surface area contributed by atoms with Crippen LogP contribution in [-0.2, 0) is 7.05 Å². The summed E-state index contributed by atoms with van der Waals surface area (Å²) in [6.45, 7) is 3.74. The van der Waals surface area contributed by atoms with Crippen LogP contribution in [0.2, 0.25) is 0 Å². The molecule has 2 unspecified atom stereocenters. The molecule has 0 amide bonds. The molecule has 2 N–H and O–H groups in total. The summed E-state index contributed by atoms with van der Waals surface area (Å²) in [7, 11) is 1.89. The van der Waals surface area contributed by atoms with Gasteiger partial charge in [0.25, 0.3) is 0 Å². The Morgan fingerprint density at radius 3 is 2.53 bits per heavy atom. The summed E-state index contributed by atoms with van der Waals surface area (Å²) in [6.07, 6.45) is 0. The normalized spacial score (nSPS) is 14.4. The van der Waals surface area contributed by atoms with E-state index in [0.717, 1.165) is 11.0 Å². The Balaban J connectivity index is 2.32. The van der Waals surface area contributed by atoms with Crippen molar-refractivity contribution in [1.82, 2.24) is 14.8 Å². The molecule has 4 nitrogen and oxygen atoms in total. The van der Waals surface area contributed by atoms with Crippen LogP contribution in [0.25, 0.3) is 0 Å². The van der Waals surface area contributed by atoms with Gasteiger partial charge in [-0.2, -0.15) is 0 Å². The summed E-state index contributed by atoms with van der Waals surface area (Å²) < 4.78 is 15.8. The Morgan fingerprint density at radius 2 is 2.00 bits per heavy atom. The molecule has 102 valence electrons. The van der Waals surface area contributed by atoms with Crippen molar-refractivity contribution in [2.24, 2.45) is 12.8 Å². The highest BCUT2D eigenvalue weighted by Gasteiger charge is 2.23.